The van der Waals surface area contributed by atoms with Gasteiger partial charge in [0.1, 0.15) is 0 Å². The summed E-state index contributed by atoms with van der Waals surface area (Å²) in [4.78, 5) is 0. The van der Waals surface area contributed by atoms with Crippen LogP contribution in [0.3, 0.4) is 0 Å². The van der Waals surface area contributed by atoms with Gasteiger partial charge in [0.15, 0.2) is 0 Å². The van der Waals surface area contributed by atoms with Crippen molar-refractivity contribution in [2.24, 2.45) is 5.92 Å². The van der Waals surface area contributed by atoms with Crippen molar-refractivity contribution in [3.63, 3.8) is 0 Å². The highest BCUT2D eigenvalue weighted by atomic mass is 16.3. The Hall–Kier alpha value is -0.120. The summed E-state index contributed by atoms with van der Waals surface area (Å²) in [7, 11) is 0. The summed E-state index contributed by atoms with van der Waals surface area (Å²) in [5.74, 6) is 0.351. The predicted molar refractivity (Wildman–Crippen MR) is 54.7 cm³/mol. The largest absolute Gasteiger partial charge is 0.392 e. The van der Waals surface area contributed by atoms with Crippen LogP contribution in [0.1, 0.15) is 26.7 Å². The molecule has 1 fully saturated rings. The lowest BCUT2D eigenvalue weighted by atomic mass is 10.0. The van der Waals surface area contributed by atoms with Gasteiger partial charge in [0, 0.05) is 19.1 Å². The van der Waals surface area contributed by atoms with Gasteiger partial charge in [-0.3, -0.25) is 0 Å². The second-order valence-corrected chi connectivity index (χ2v) is 4.26. The van der Waals surface area contributed by atoms with Gasteiger partial charge in [-0.05, 0) is 25.3 Å². The van der Waals surface area contributed by atoms with E-state index >= 15 is 0 Å². The van der Waals surface area contributed by atoms with Gasteiger partial charge in [-0.25, -0.2) is 0 Å². The van der Waals surface area contributed by atoms with Gasteiger partial charge >= 0.3 is 0 Å². The molecule has 3 nitrogen and oxygen atoms in total. The molecule has 1 heterocycles. The fourth-order valence-electron chi connectivity index (χ4n) is 1.55. The van der Waals surface area contributed by atoms with Crippen LogP contribution < -0.4 is 10.6 Å². The van der Waals surface area contributed by atoms with Crippen LogP contribution in [0.5, 0.6) is 0 Å². The van der Waals surface area contributed by atoms with E-state index < -0.39 is 0 Å². The number of piperidine rings is 1. The maximum absolute atomic E-state index is 9.57. The van der Waals surface area contributed by atoms with Crippen LogP contribution in [0.25, 0.3) is 0 Å². The molecule has 0 aromatic rings. The zero-order valence-corrected chi connectivity index (χ0v) is 8.71. The lowest BCUT2D eigenvalue weighted by Crippen LogP contribution is -2.46. The van der Waals surface area contributed by atoms with Crippen molar-refractivity contribution in [1.82, 2.24) is 10.6 Å². The van der Waals surface area contributed by atoms with Gasteiger partial charge in [0.2, 0.25) is 0 Å². The number of rotatable bonds is 4. The molecule has 0 aromatic heterocycles. The van der Waals surface area contributed by atoms with Gasteiger partial charge < -0.3 is 15.7 Å². The van der Waals surface area contributed by atoms with Crippen LogP contribution >= 0.6 is 0 Å². The molecule has 0 amide bonds. The van der Waals surface area contributed by atoms with Crippen LogP contribution in [0.15, 0.2) is 0 Å². The minimum absolute atomic E-state index is 0.207. The van der Waals surface area contributed by atoms with Crippen molar-refractivity contribution in [1.29, 1.82) is 0 Å². The topological polar surface area (TPSA) is 44.3 Å². The monoisotopic (exact) mass is 186 g/mol. The van der Waals surface area contributed by atoms with Crippen LogP contribution in [0, 0.1) is 5.92 Å². The summed E-state index contributed by atoms with van der Waals surface area (Å²) in [5, 5.41) is 16.3. The summed E-state index contributed by atoms with van der Waals surface area (Å²) in [5.41, 5.74) is 0. The van der Waals surface area contributed by atoms with Gasteiger partial charge in [0.05, 0.1) is 6.10 Å². The Morgan fingerprint density at radius 1 is 1.54 bits per heavy atom. The van der Waals surface area contributed by atoms with E-state index in [9.17, 15) is 5.11 Å². The van der Waals surface area contributed by atoms with Crippen molar-refractivity contribution >= 4 is 0 Å². The summed E-state index contributed by atoms with van der Waals surface area (Å²) < 4.78 is 0. The van der Waals surface area contributed by atoms with E-state index in [0.29, 0.717) is 12.0 Å². The number of aliphatic hydroxyl groups is 1. The Kier molecular flexibility index (Phi) is 4.70. The molecule has 0 aliphatic carbocycles. The average molecular weight is 186 g/mol. The molecule has 0 bridgehead atoms. The van der Waals surface area contributed by atoms with Gasteiger partial charge in [-0.15, -0.1) is 0 Å². The van der Waals surface area contributed by atoms with Crippen molar-refractivity contribution in [2.45, 2.75) is 38.8 Å². The standard InChI is InChI=1S/C10H22N2O/c1-8(2)10(13)7-12-9-4-3-5-11-6-9/h8-13H,3-7H2,1-2H3. The van der Waals surface area contributed by atoms with Gasteiger partial charge in [-0.2, -0.15) is 0 Å². The molecule has 0 aromatic carbocycles. The first-order valence-electron chi connectivity index (χ1n) is 5.32. The molecule has 1 rings (SSSR count). The SMILES string of the molecule is CC(C)C(O)CNC1CCCNC1. The fraction of sp³-hybridized carbons (Fsp3) is 1.00. The zero-order chi connectivity index (χ0) is 9.68. The molecular weight excluding hydrogens is 164 g/mol. The fourth-order valence-corrected chi connectivity index (χ4v) is 1.55. The van der Waals surface area contributed by atoms with Crippen molar-refractivity contribution < 1.29 is 5.11 Å². The van der Waals surface area contributed by atoms with Gasteiger partial charge in [-0.1, -0.05) is 13.8 Å². The quantitative estimate of drug-likeness (QED) is 0.593. The molecule has 1 saturated heterocycles. The highest BCUT2D eigenvalue weighted by Crippen LogP contribution is 2.03. The Labute approximate surface area is 80.9 Å². The molecule has 0 radical (unpaired) electrons. The molecule has 78 valence electrons. The first kappa shape index (κ1) is 11.0. The molecule has 2 unspecified atom stereocenters. The maximum Gasteiger partial charge on any atom is 0.0687 e. The predicted octanol–water partition coefficient (Wildman–Crippen LogP) is 0.345. The second kappa shape index (κ2) is 5.58. The third-order valence-corrected chi connectivity index (χ3v) is 2.68. The highest BCUT2D eigenvalue weighted by molar-refractivity contribution is 4.76. The maximum atomic E-state index is 9.57. The second-order valence-electron chi connectivity index (χ2n) is 4.26. The normalized spacial score (nSPS) is 26.3. The van der Waals surface area contributed by atoms with Crippen LogP contribution in [0.2, 0.25) is 0 Å². The summed E-state index contributed by atoms with van der Waals surface area (Å²) >= 11 is 0. The van der Waals surface area contributed by atoms with E-state index in [1.807, 2.05) is 13.8 Å². The molecule has 1 aliphatic heterocycles. The van der Waals surface area contributed by atoms with E-state index in [0.717, 1.165) is 19.6 Å². The Balaban J connectivity index is 2.10. The molecule has 3 heteroatoms. The highest BCUT2D eigenvalue weighted by Gasteiger charge is 2.15. The summed E-state index contributed by atoms with van der Waals surface area (Å²) in [6, 6.07) is 0.558. The van der Waals surface area contributed by atoms with Crippen molar-refractivity contribution in [3.8, 4) is 0 Å². The van der Waals surface area contributed by atoms with E-state index in [1.165, 1.54) is 12.8 Å². The van der Waals surface area contributed by atoms with E-state index in [-0.39, 0.29) is 6.10 Å². The smallest absolute Gasteiger partial charge is 0.0687 e. The van der Waals surface area contributed by atoms with Gasteiger partial charge in [0.25, 0.3) is 0 Å². The Bertz CT molecular complexity index is 133. The van der Waals surface area contributed by atoms with Crippen molar-refractivity contribution in [3.05, 3.63) is 0 Å². The summed E-state index contributed by atoms with van der Waals surface area (Å²) in [6.07, 6.45) is 2.27. The molecule has 3 N–H and O–H groups in total. The number of aliphatic hydroxyl groups excluding tert-OH is 1. The molecular formula is C10H22N2O. The molecule has 0 saturated carbocycles. The first-order valence-corrected chi connectivity index (χ1v) is 5.32. The van der Waals surface area contributed by atoms with Crippen LogP contribution in [-0.4, -0.2) is 36.9 Å². The Morgan fingerprint density at radius 2 is 2.31 bits per heavy atom. The zero-order valence-electron chi connectivity index (χ0n) is 8.71. The molecule has 2 atom stereocenters. The van der Waals surface area contributed by atoms with Crippen LogP contribution in [0.4, 0.5) is 0 Å². The van der Waals surface area contributed by atoms with E-state index in [4.69, 9.17) is 0 Å². The number of hydrogen-bond donors (Lipinski definition) is 3. The van der Waals surface area contributed by atoms with Crippen molar-refractivity contribution in [2.75, 3.05) is 19.6 Å². The summed E-state index contributed by atoms with van der Waals surface area (Å²) in [6.45, 7) is 7.01. The third kappa shape index (κ3) is 4.07. The average Bonchev–Trinajstić information content (AvgIpc) is 2.15. The number of nitrogens with one attached hydrogen (secondary N) is 2. The van der Waals surface area contributed by atoms with Crippen LogP contribution in [-0.2, 0) is 0 Å². The first-order chi connectivity index (χ1) is 6.20. The lowest BCUT2D eigenvalue weighted by molar-refractivity contribution is 0.118. The molecule has 13 heavy (non-hydrogen) atoms. The molecule has 0 spiro atoms. The minimum atomic E-state index is -0.207. The Morgan fingerprint density at radius 3 is 2.85 bits per heavy atom. The van der Waals surface area contributed by atoms with E-state index in [2.05, 4.69) is 10.6 Å². The van der Waals surface area contributed by atoms with E-state index in [1.54, 1.807) is 0 Å². The number of hydrogen-bond acceptors (Lipinski definition) is 3. The molecule has 1 aliphatic rings. The third-order valence-electron chi connectivity index (χ3n) is 2.68. The lowest BCUT2D eigenvalue weighted by Gasteiger charge is -2.26. The minimum Gasteiger partial charge on any atom is -0.392 e.